The topological polar surface area (TPSA) is 73.9 Å². The smallest absolute Gasteiger partial charge is 0.121 e. The molecule has 0 bridgehead atoms. The normalized spacial score (nSPS) is 12.6. The Labute approximate surface area is 114 Å². The van der Waals surface area contributed by atoms with Crippen LogP contribution in [0.25, 0.3) is 0 Å². The van der Waals surface area contributed by atoms with E-state index >= 15 is 0 Å². The van der Waals surface area contributed by atoms with Crippen LogP contribution in [0.2, 0.25) is 0 Å². The second kappa shape index (κ2) is 8.74. The monoisotopic (exact) mass is 269 g/mol. The van der Waals surface area contributed by atoms with E-state index in [9.17, 15) is 5.11 Å². The van der Waals surface area contributed by atoms with Crippen LogP contribution in [-0.2, 0) is 9.47 Å². The minimum atomic E-state index is -0.666. The quantitative estimate of drug-likeness (QED) is 0.524. The zero-order chi connectivity index (χ0) is 14.1. The fourth-order valence-corrected chi connectivity index (χ4v) is 1.41. The van der Waals surface area contributed by atoms with Crippen LogP contribution in [-0.4, -0.2) is 43.7 Å². The van der Waals surface area contributed by atoms with Crippen molar-refractivity contribution in [3.8, 4) is 5.75 Å². The van der Waals surface area contributed by atoms with E-state index in [0.29, 0.717) is 24.7 Å². The first-order valence-electron chi connectivity index (χ1n) is 6.43. The molecule has 1 unspecified atom stereocenters. The second-order valence-corrected chi connectivity index (χ2v) is 4.53. The van der Waals surface area contributed by atoms with Crippen molar-refractivity contribution >= 4 is 5.69 Å². The van der Waals surface area contributed by atoms with Crippen LogP contribution in [0.3, 0.4) is 0 Å². The Balaban J connectivity index is 2.09. The molecule has 5 nitrogen and oxygen atoms in total. The first-order chi connectivity index (χ1) is 9.08. The lowest BCUT2D eigenvalue weighted by molar-refractivity contribution is -0.0212. The molecule has 0 spiro atoms. The number of aliphatic hydroxyl groups excluding tert-OH is 1. The van der Waals surface area contributed by atoms with Gasteiger partial charge in [0.15, 0.2) is 0 Å². The average molecular weight is 269 g/mol. The molecule has 0 saturated heterocycles. The first kappa shape index (κ1) is 15.8. The van der Waals surface area contributed by atoms with Crippen molar-refractivity contribution in [3.63, 3.8) is 0 Å². The van der Waals surface area contributed by atoms with E-state index in [1.807, 2.05) is 13.8 Å². The third-order valence-corrected chi connectivity index (χ3v) is 2.29. The van der Waals surface area contributed by atoms with Crippen molar-refractivity contribution in [1.82, 2.24) is 0 Å². The van der Waals surface area contributed by atoms with Crippen LogP contribution in [0.15, 0.2) is 24.3 Å². The van der Waals surface area contributed by atoms with E-state index in [2.05, 4.69) is 0 Å². The van der Waals surface area contributed by atoms with Crippen molar-refractivity contribution in [1.29, 1.82) is 0 Å². The molecule has 19 heavy (non-hydrogen) atoms. The molecule has 3 N–H and O–H groups in total. The van der Waals surface area contributed by atoms with Gasteiger partial charge in [-0.2, -0.15) is 0 Å². The SMILES string of the molecule is CC(C)OCCOCC(O)COc1cccc(N)c1. The van der Waals surface area contributed by atoms with Gasteiger partial charge in [0.1, 0.15) is 18.5 Å². The van der Waals surface area contributed by atoms with E-state index in [1.54, 1.807) is 24.3 Å². The Morgan fingerprint density at radius 3 is 2.68 bits per heavy atom. The van der Waals surface area contributed by atoms with Crippen molar-refractivity contribution in [2.24, 2.45) is 0 Å². The molecular formula is C14H23NO4. The summed E-state index contributed by atoms with van der Waals surface area (Å²) in [5, 5.41) is 9.67. The van der Waals surface area contributed by atoms with E-state index in [0.717, 1.165) is 0 Å². The third-order valence-electron chi connectivity index (χ3n) is 2.29. The number of aliphatic hydroxyl groups is 1. The summed E-state index contributed by atoms with van der Waals surface area (Å²) in [6.07, 6.45) is -0.471. The molecule has 1 aromatic carbocycles. The standard InChI is InChI=1S/C14H23NO4/c1-11(2)18-7-6-17-9-13(16)10-19-14-5-3-4-12(15)8-14/h3-5,8,11,13,16H,6-7,9-10,15H2,1-2H3. The van der Waals surface area contributed by atoms with Crippen LogP contribution in [0.1, 0.15) is 13.8 Å². The summed E-state index contributed by atoms with van der Waals surface area (Å²) < 4.78 is 16.0. The van der Waals surface area contributed by atoms with Crippen LogP contribution in [0.4, 0.5) is 5.69 Å². The highest BCUT2D eigenvalue weighted by Crippen LogP contribution is 2.14. The van der Waals surface area contributed by atoms with Crippen molar-refractivity contribution < 1.29 is 19.3 Å². The Morgan fingerprint density at radius 2 is 2.00 bits per heavy atom. The highest BCUT2D eigenvalue weighted by molar-refractivity contribution is 5.43. The maximum Gasteiger partial charge on any atom is 0.121 e. The predicted molar refractivity (Wildman–Crippen MR) is 74.3 cm³/mol. The van der Waals surface area contributed by atoms with E-state index in [4.69, 9.17) is 19.9 Å². The molecular weight excluding hydrogens is 246 g/mol. The Kier molecular flexibility index (Phi) is 7.25. The molecule has 0 aliphatic carbocycles. The van der Waals surface area contributed by atoms with Crippen LogP contribution < -0.4 is 10.5 Å². The molecule has 0 fully saturated rings. The van der Waals surface area contributed by atoms with Gasteiger partial charge in [-0.1, -0.05) is 6.07 Å². The molecule has 0 amide bonds. The van der Waals surface area contributed by atoms with Gasteiger partial charge < -0.3 is 25.1 Å². The fraction of sp³-hybridized carbons (Fsp3) is 0.571. The highest BCUT2D eigenvalue weighted by Gasteiger charge is 2.06. The summed E-state index contributed by atoms with van der Waals surface area (Å²) in [5.74, 6) is 0.641. The van der Waals surface area contributed by atoms with E-state index < -0.39 is 6.10 Å². The molecule has 1 atom stereocenters. The molecule has 108 valence electrons. The minimum absolute atomic E-state index is 0.175. The van der Waals surface area contributed by atoms with Crippen LogP contribution in [0, 0.1) is 0 Å². The molecule has 0 saturated carbocycles. The fourth-order valence-electron chi connectivity index (χ4n) is 1.41. The summed E-state index contributed by atoms with van der Waals surface area (Å²) in [6, 6.07) is 7.09. The van der Waals surface area contributed by atoms with Crippen LogP contribution >= 0.6 is 0 Å². The van der Waals surface area contributed by atoms with Gasteiger partial charge in [-0.05, 0) is 26.0 Å². The number of hydrogen-bond donors (Lipinski definition) is 2. The van der Waals surface area contributed by atoms with E-state index in [-0.39, 0.29) is 19.3 Å². The number of hydrogen-bond acceptors (Lipinski definition) is 5. The number of rotatable bonds is 9. The molecule has 1 rings (SSSR count). The Hall–Kier alpha value is -1.30. The average Bonchev–Trinajstić information content (AvgIpc) is 2.35. The Bertz CT molecular complexity index is 357. The van der Waals surface area contributed by atoms with Gasteiger partial charge in [0.05, 0.1) is 25.9 Å². The third kappa shape index (κ3) is 7.66. The van der Waals surface area contributed by atoms with Crippen molar-refractivity contribution in [2.75, 3.05) is 32.2 Å². The summed E-state index contributed by atoms with van der Waals surface area (Å²) in [7, 11) is 0. The maximum absolute atomic E-state index is 9.67. The van der Waals surface area contributed by atoms with Gasteiger partial charge in [-0.25, -0.2) is 0 Å². The lowest BCUT2D eigenvalue weighted by Crippen LogP contribution is -2.24. The number of anilines is 1. The predicted octanol–water partition coefficient (Wildman–Crippen LogP) is 1.45. The summed E-state index contributed by atoms with van der Waals surface area (Å²) in [6.45, 7) is 5.33. The summed E-state index contributed by atoms with van der Waals surface area (Å²) in [4.78, 5) is 0. The molecule has 0 radical (unpaired) electrons. The van der Waals surface area contributed by atoms with Gasteiger partial charge >= 0.3 is 0 Å². The largest absolute Gasteiger partial charge is 0.491 e. The van der Waals surface area contributed by atoms with Gasteiger partial charge in [-0.15, -0.1) is 0 Å². The number of ether oxygens (including phenoxy) is 3. The molecule has 0 aromatic heterocycles. The van der Waals surface area contributed by atoms with Gasteiger partial charge in [0.2, 0.25) is 0 Å². The van der Waals surface area contributed by atoms with Gasteiger partial charge in [0.25, 0.3) is 0 Å². The molecule has 5 heteroatoms. The number of nitrogens with two attached hydrogens (primary N) is 1. The maximum atomic E-state index is 9.67. The summed E-state index contributed by atoms with van der Waals surface area (Å²) >= 11 is 0. The molecule has 1 aromatic rings. The van der Waals surface area contributed by atoms with Crippen molar-refractivity contribution in [2.45, 2.75) is 26.1 Å². The zero-order valence-corrected chi connectivity index (χ0v) is 11.5. The van der Waals surface area contributed by atoms with Gasteiger partial charge in [-0.3, -0.25) is 0 Å². The molecule has 0 aliphatic rings. The van der Waals surface area contributed by atoms with Gasteiger partial charge in [0, 0.05) is 11.8 Å². The number of benzene rings is 1. The number of nitrogen functional groups attached to an aromatic ring is 1. The first-order valence-corrected chi connectivity index (χ1v) is 6.43. The lowest BCUT2D eigenvalue weighted by atomic mass is 10.3. The van der Waals surface area contributed by atoms with Crippen LogP contribution in [0.5, 0.6) is 5.75 Å². The Morgan fingerprint density at radius 1 is 1.21 bits per heavy atom. The van der Waals surface area contributed by atoms with Crippen molar-refractivity contribution in [3.05, 3.63) is 24.3 Å². The summed E-state index contributed by atoms with van der Waals surface area (Å²) in [5.41, 5.74) is 6.26. The van der Waals surface area contributed by atoms with E-state index in [1.165, 1.54) is 0 Å². The molecule has 0 heterocycles. The molecule has 0 aliphatic heterocycles. The second-order valence-electron chi connectivity index (χ2n) is 4.53. The highest BCUT2D eigenvalue weighted by atomic mass is 16.5. The zero-order valence-electron chi connectivity index (χ0n) is 11.5. The minimum Gasteiger partial charge on any atom is -0.491 e. The lowest BCUT2D eigenvalue weighted by Gasteiger charge is -2.13.